The highest BCUT2D eigenvalue weighted by molar-refractivity contribution is 7.79. The standard InChI is InChI=1S/C6H12O4S/c1-5(11(8)9)3-4-6(7)10-2/h5H,3-4H2,1-2H3,(H,8,9)/p-1. The van der Waals surface area contributed by atoms with E-state index in [4.69, 9.17) is 0 Å². The largest absolute Gasteiger partial charge is 0.772 e. The van der Waals surface area contributed by atoms with Crippen LogP contribution in [-0.2, 0) is 20.6 Å². The summed E-state index contributed by atoms with van der Waals surface area (Å²) in [4.78, 5) is 10.5. The van der Waals surface area contributed by atoms with Gasteiger partial charge in [0.1, 0.15) is 0 Å². The molecule has 0 rings (SSSR count). The maximum atomic E-state index is 10.5. The molecule has 0 saturated carbocycles. The molecule has 0 aromatic carbocycles. The van der Waals surface area contributed by atoms with Crippen molar-refractivity contribution in [3.05, 3.63) is 0 Å². The van der Waals surface area contributed by atoms with Crippen molar-refractivity contribution in [2.45, 2.75) is 25.0 Å². The fourth-order valence-electron chi connectivity index (χ4n) is 0.519. The van der Waals surface area contributed by atoms with E-state index >= 15 is 0 Å². The normalized spacial score (nSPS) is 15.5. The fraction of sp³-hybridized carbons (Fsp3) is 0.833. The van der Waals surface area contributed by atoms with E-state index in [2.05, 4.69) is 4.74 Å². The highest BCUT2D eigenvalue weighted by Crippen LogP contribution is 2.02. The molecule has 0 aliphatic rings. The van der Waals surface area contributed by atoms with Crippen LogP contribution in [0.25, 0.3) is 0 Å². The number of carbonyl (C=O) groups excluding carboxylic acids is 1. The molecule has 4 nitrogen and oxygen atoms in total. The van der Waals surface area contributed by atoms with Crippen molar-refractivity contribution in [3.8, 4) is 0 Å². The molecule has 11 heavy (non-hydrogen) atoms. The molecule has 0 N–H and O–H groups in total. The van der Waals surface area contributed by atoms with Crippen LogP contribution in [0.15, 0.2) is 0 Å². The molecule has 0 amide bonds. The monoisotopic (exact) mass is 179 g/mol. The molecule has 0 radical (unpaired) electrons. The Balaban J connectivity index is 3.54. The molecule has 0 fully saturated rings. The van der Waals surface area contributed by atoms with E-state index in [9.17, 15) is 13.6 Å². The van der Waals surface area contributed by atoms with E-state index in [-0.39, 0.29) is 12.4 Å². The lowest BCUT2D eigenvalue weighted by atomic mass is 10.2. The summed E-state index contributed by atoms with van der Waals surface area (Å²) in [6.07, 6.45) is 0.481. The van der Waals surface area contributed by atoms with E-state index in [0.29, 0.717) is 6.42 Å². The first-order chi connectivity index (χ1) is 5.07. The quantitative estimate of drug-likeness (QED) is 0.457. The Morgan fingerprint density at radius 3 is 2.64 bits per heavy atom. The summed E-state index contributed by atoms with van der Waals surface area (Å²) < 4.78 is 24.8. The molecule has 0 aromatic rings. The number of ether oxygens (including phenoxy) is 1. The predicted octanol–water partition coefficient (Wildman–Crippen LogP) is 0.207. The van der Waals surface area contributed by atoms with Gasteiger partial charge in [-0.2, -0.15) is 0 Å². The molecular formula is C6H11O4S-. The summed E-state index contributed by atoms with van der Waals surface area (Å²) in [5.41, 5.74) is 0. The number of hydrogen-bond donors (Lipinski definition) is 0. The van der Waals surface area contributed by atoms with Gasteiger partial charge in [0.15, 0.2) is 0 Å². The molecule has 2 atom stereocenters. The Hall–Kier alpha value is -0.420. The summed E-state index contributed by atoms with van der Waals surface area (Å²) in [6.45, 7) is 1.55. The summed E-state index contributed by atoms with van der Waals surface area (Å²) in [5.74, 6) is -0.373. The van der Waals surface area contributed by atoms with Crippen molar-refractivity contribution in [2.24, 2.45) is 0 Å². The van der Waals surface area contributed by atoms with Crippen LogP contribution in [-0.4, -0.2) is 27.1 Å². The van der Waals surface area contributed by atoms with Crippen molar-refractivity contribution >= 4 is 17.0 Å². The first kappa shape index (κ1) is 10.6. The Morgan fingerprint density at radius 1 is 1.73 bits per heavy atom. The number of rotatable bonds is 4. The van der Waals surface area contributed by atoms with Crippen LogP contribution in [0.3, 0.4) is 0 Å². The highest BCUT2D eigenvalue weighted by Gasteiger charge is 2.05. The van der Waals surface area contributed by atoms with Crippen LogP contribution < -0.4 is 0 Å². The molecule has 0 saturated heterocycles. The van der Waals surface area contributed by atoms with E-state index < -0.39 is 16.3 Å². The van der Waals surface area contributed by atoms with Gasteiger partial charge in [0.25, 0.3) is 0 Å². The molecule has 0 bridgehead atoms. The minimum Gasteiger partial charge on any atom is -0.772 e. The third-order valence-corrected chi connectivity index (χ3v) is 2.20. The zero-order chi connectivity index (χ0) is 8.85. The van der Waals surface area contributed by atoms with Gasteiger partial charge in [0.05, 0.1) is 7.11 Å². The lowest BCUT2D eigenvalue weighted by molar-refractivity contribution is -0.140. The van der Waals surface area contributed by atoms with Gasteiger partial charge in [0.2, 0.25) is 0 Å². The van der Waals surface area contributed by atoms with Gasteiger partial charge in [-0.3, -0.25) is 9.00 Å². The number of esters is 1. The van der Waals surface area contributed by atoms with E-state index in [1.807, 2.05) is 0 Å². The smallest absolute Gasteiger partial charge is 0.305 e. The van der Waals surface area contributed by atoms with E-state index in [0.717, 1.165) is 0 Å². The lowest BCUT2D eigenvalue weighted by Crippen LogP contribution is -2.12. The maximum absolute atomic E-state index is 10.5. The highest BCUT2D eigenvalue weighted by atomic mass is 32.2. The average Bonchev–Trinajstić information content (AvgIpc) is 1.99. The van der Waals surface area contributed by atoms with Crippen LogP contribution >= 0.6 is 0 Å². The zero-order valence-corrected chi connectivity index (χ0v) is 7.35. The first-order valence-electron chi connectivity index (χ1n) is 3.22. The second-order valence-corrected chi connectivity index (χ2v) is 3.51. The molecule has 0 heterocycles. The topological polar surface area (TPSA) is 66.4 Å². The van der Waals surface area contributed by atoms with Crippen molar-refractivity contribution < 1.29 is 18.3 Å². The van der Waals surface area contributed by atoms with Gasteiger partial charge in [-0.15, -0.1) is 0 Å². The molecule has 0 aromatic heterocycles. The molecule has 5 heteroatoms. The number of hydrogen-bond acceptors (Lipinski definition) is 4. The molecule has 0 aliphatic carbocycles. The first-order valence-corrected chi connectivity index (χ1v) is 4.36. The second-order valence-electron chi connectivity index (χ2n) is 2.19. The number of carbonyl (C=O) groups is 1. The van der Waals surface area contributed by atoms with Gasteiger partial charge in [-0.05, 0) is 6.42 Å². The third kappa shape index (κ3) is 4.92. The summed E-state index contributed by atoms with van der Waals surface area (Å²) in [6, 6.07) is 0. The van der Waals surface area contributed by atoms with Gasteiger partial charge in [-0.1, -0.05) is 18.0 Å². The van der Waals surface area contributed by atoms with Crippen molar-refractivity contribution in [1.82, 2.24) is 0 Å². The molecule has 0 aliphatic heterocycles. The molecular weight excluding hydrogens is 168 g/mol. The summed E-state index contributed by atoms with van der Waals surface area (Å²) >= 11 is -2.09. The zero-order valence-electron chi connectivity index (χ0n) is 6.53. The SMILES string of the molecule is COC(=O)CCC(C)S(=O)[O-]. The molecule has 2 unspecified atom stereocenters. The van der Waals surface area contributed by atoms with E-state index in [1.165, 1.54) is 7.11 Å². The molecule has 66 valence electrons. The van der Waals surface area contributed by atoms with Gasteiger partial charge >= 0.3 is 5.97 Å². The number of methoxy groups -OCH3 is 1. The van der Waals surface area contributed by atoms with Crippen molar-refractivity contribution in [3.63, 3.8) is 0 Å². The second kappa shape index (κ2) is 5.26. The lowest BCUT2D eigenvalue weighted by Gasteiger charge is -2.12. The van der Waals surface area contributed by atoms with Crippen LogP contribution in [0.1, 0.15) is 19.8 Å². The Kier molecular flexibility index (Phi) is 5.06. The fourth-order valence-corrected chi connectivity index (χ4v) is 0.830. The maximum Gasteiger partial charge on any atom is 0.305 e. The van der Waals surface area contributed by atoms with Crippen LogP contribution in [0.4, 0.5) is 0 Å². The summed E-state index contributed by atoms with van der Waals surface area (Å²) in [7, 11) is 1.28. The van der Waals surface area contributed by atoms with Crippen LogP contribution in [0.2, 0.25) is 0 Å². The predicted molar refractivity (Wildman–Crippen MR) is 39.6 cm³/mol. The van der Waals surface area contributed by atoms with Gasteiger partial charge in [-0.25, -0.2) is 0 Å². The van der Waals surface area contributed by atoms with Crippen molar-refractivity contribution in [1.29, 1.82) is 0 Å². The Morgan fingerprint density at radius 2 is 2.27 bits per heavy atom. The minimum atomic E-state index is -2.09. The molecule has 0 spiro atoms. The Bertz CT molecular complexity index is 157. The van der Waals surface area contributed by atoms with Gasteiger partial charge < -0.3 is 9.29 Å². The van der Waals surface area contributed by atoms with Crippen molar-refractivity contribution in [2.75, 3.05) is 7.11 Å². The average molecular weight is 179 g/mol. The van der Waals surface area contributed by atoms with Gasteiger partial charge in [0, 0.05) is 11.7 Å². The van der Waals surface area contributed by atoms with E-state index in [1.54, 1.807) is 6.92 Å². The third-order valence-electron chi connectivity index (χ3n) is 1.31. The minimum absolute atomic E-state index is 0.158. The van der Waals surface area contributed by atoms with Crippen LogP contribution in [0, 0.1) is 0 Å². The summed E-state index contributed by atoms with van der Waals surface area (Å²) in [5, 5.41) is -0.478. The van der Waals surface area contributed by atoms with Crippen LogP contribution in [0.5, 0.6) is 0 Å². The Labute approximate surface area is 68.2 Å².